The molecule has 116 valence electrons. The van der Waals surface area contributed by atoms with E-state index in [9.17, 15) is 10.1 Å². The van der Waals surface area contributed by atoms with E-state index in [2.05, 4.69) is 15.3 Å². The van der Waals surface area contributed by atoms with E-state index in [1.807, 2.05) is 0 Å². The molecule has 1 aromatic carbocycles. The smallest absolute Gasteiger partial charge is 0.271 e. The van der Waals surface area contributed by atoms with Crippen LogP contribution in [0.25, 0.3) is 10.9 Å². The molecule has 1 N–H and O–H groups in total. The van der Waals surface area contributed by atoms with Crippen LogP contribution in [0.3, 0.4) is 0 Å². The van der Waals surface area contributed by atoms with Crippen LogP contribution in [0.5, 0.6) is 0 Å². The molecule has 0 amide bonds. The highest BCUT2D eigenvalue weighted by Gasteiger charge is 2.15. The number of nitro groups is 1. The highest BCUT2D eigenvalue weighted by atomic mass is 16.6. The van der Waals surface area contributed by atoms with Crippen LogP contribution in [0.1, 0.15) is 44.9 Å². The molecule has 1 heterocycles. The van der Waals surface area contributed by atoms with Gasteiger partial charge in [-0.2, -0.15) is 0 Å². The lowest BCUT2D eigenvalue weighted by molar-refractivity contribution is -0.384. The largest absolute Gasteiger partial charge is 0.367 e. The molecule has 0 spiro atoms. The monoisotopic (exact) mass is 300 g/mol. The summed E-state index contributed by atoms with van der Waals surface area (Å²) in [5.41, 5.74) is 0.667. The summed E-state index contributed by atoms with van der Waals surface area (Å²) in [6.45, 7) is 0. The normalized spacial score (nSPS) is 16.9. The van der Waals surface area contributed by atoms with Crippen molar-refractivity contribution in [3.63, 3.8) is 0 Å². The number of rotatable bonds is 3. The quantitative estimate of drug-likeness (QED) is 0.682. The number of nitrogens with one attached hydrogen (secondary N) is 1. The highest BCUT2D eigenvalue weighted by Crippen LogP contribution is 2.26. The third kappa shape index (κ3) is 3.32. The fourth-order valence-corrected chi connectivity index (χ4v) is 3.07. The van der Waals surface area contributed by atoms with Gasteiger partial charge in [0.1, 0.15) is 12.1 Å². The summed E-state index contributed by atoms with van der Waals surface area (Å²) in [5, 5.41) is 15.2. The number of nitro benzene ring substituents is 1. The second-order valence-corrected chi connectivity index (χ2v) is 5.87. The van der Waals surface area contributed by atoms with Crippen LogP contribution in [0.4, 0.5) is 11.5 Å². The van der Waals surface area contributed by atoms with Gasteiger partial charge in [0, 0.05) is 23.6 Å². The van der Waals surface area contributed by atoms with Crippen molar-refractivity contribution in [2.45, 2.75) is 51.0 Å². The van der Waals surface area contributed by atoms with Crippen molar-refractivity contribution >= 4 is 22.4 Å². The Morgan fingerprint density at radius 2 is 1.82 bits per heavy atom. The van der Waals surface area contributed by atoms with E-state index in [0.29, 0.717) is 11.6 Å². The maximum Gasteiger partial charge on any atom is 0.271 e. The van der Waals surface area contributed by atoms with Crippen molar-refractivity contribution in [3.05, 3.63) is 34.6 Å². The van der Waals surface area contributed by atoms with Crippen LogP contribution in [0, 0.1) is 10.1 Å². The zero-order chi connectivity index (χ0) is 15.4. The number of non-ortho nitro benzene ring substituents is 1. The average Bonchev–Trinajstić information content (AvgIpc) is 2.49. The predicted molar refractivity (Wildman–Crippen MR) is 85.9 cm³/mol. The van der Waals surface area contributed by atoms with E-state index in [1.165, 1.54) is 50.6 Å². The minimum absolute atomic E-state index is 0.0584. The van der Waals surface area contributed by atoms with Gasteiger partial charge >= 0.3 is 0 Å². The summed E-state index contributed by atoms with van der Waals surface area (Å²) >= 11 is 0. The molecule has 1 fully saturated rings. The first-order chi connectivity index (χ1) is 10.7. The number of hydrogen-bond acceptors (Lipinski definition) is 5. The Morgan fingerprint density at radius 1 is 1.09 bits per heavy atom. The van der Waals surface area contributed by atoms with Crippen LogP contribution in [-0.2, 0) is 0 Å². The van der Waals surface area contributed by atoms with Crippen LogP contribution >= 0.6 is 0 Å². The van der Waals surface area contributed by atoms with Crippen molar-refractivity contribution in [3.8, 4) is 0 Å². The summed E-state index contributed by atoms with van der Waals surface area (Å²) < 4.78 is 0. The average molecular weight is 300 g/mol. The maximum atomic E-state index is 10.9. The molecule has 2 aromatic rings. The number of hydrogen-bond donors (Lipinski definition) is 1. The van der Waals surface area contributed by atoms with Gasteiger partial charge in [-0.15, -0.1) is 0 Å². The molecule has 1 saturated carbocycles. The summed E-state index contributed by atoms with van der Waals surface area (Å²) in [5.74, 6) is 0.783. The van der Waals surface area contributed by atoms with Gasteiger partial charge in [0.2, 0.25) is 0 Å². The third-order valence-electron chi connectivity index (χ3n) is 4.28. The van der Waals surface area contributed by atoms with Crippen molar-refractivity contribution in [1.29, 1.82) is 0 Å². The fraction of sp³-hybridized carbons (Fsp3) is 0.500. The minimum Gasteiger partial charge on any atom is -0.367 e. The molecule has 1 aliphatic rings. The molecule has 0 radical (unpaired) electrons. The lowest BCUT2D eigenvalue weighted by atomic mass is 9.96. The summed E-state index contributed by atoms with van der Waals surface area (Å²) in [7, 11) is 0. The Balaban J connectivity index is 1.85. The van der Waals surface area contributed by atoms with Crippen LogP contribution in [0.2, 0.25) is 0 Å². The van der Waals surface area contributed by atoms with Gasteiger partial charge in [-0.1, -0.05) is 32.1 Å². The number of fused-ring (bicyclic) bond motifs is 1. The molecule has 1 aromatic heterocycles. The maximum absolute atomic E-state index is 10.9. The Kier molecular flexibility index (Phi) is 4.46. The van der Waals surface area contributed by atoms with Crippen molar-refractivity contribution in [2.24, 2.45) is 0 Å². The third-order valence-corrected chi connectivity index (χ3v) is 4.28. The number of nitrogens with zero attached hydrogens (tertiary/aromatic N) is 3. The van der Waals surface area contributed by atoms with E-state index in [0.717, 1.165) is 24.0 Å². The number of aromatic nitrogens is 2. The van der Waals surface area contributed by atoms with Gasteiger partial charge in [0.15, 0.2) is 0 Å². The zero-order valence-electron chi connectivity index (χ0n) is 12.5. The van der Waals surface area contributed by atoms with Crippen molar-refractivity contribution in [2.75, 3.05) is 5.32 Å². The minimum atomic E-state index is -0.399. The van der Waals surface area contributed by atoms with Crippen molar-refractivity contribution < 1.29 is 4.92 Å². The number of anilines is 1. The van der Waals surface area contributed by atoms with E-state index < -0.39 is 4.92 Å². The Labute approximate surface area is 129 Å². The molecule has 6 heteroatoms. The Morgan fingerprint density at radius 3 is 2.55 bits per heavy atom. The van der Waals surface area contributed by atoms with Gasteiger partial charge in [-0.3, -0.25) is 10.1 Å². The Bertz CT molecular complexity index is 666. The molecule has 0 aliphatic heterocycles. The standard InChI is InChI=1S/C16H20N4O2/c21-20(22)13-8-9-14-15(10-13)17-11-18-16(14)19-12-6-4-2-1-3-5-7-12/h8-12H,1-7H2,(H,17,18,19). The van der Waals surface area contributed by atoms with Gasteiger partial charge < -0.3 is 5.32 Å². The van der Waals surface area contributed by atoms with E-state index in [1.54, 1.807) is 6.07 Å². The topological polar surface area (TPSA) is 81.0 Å². The first-order valence-electron chi connectivity index (χ1n) is 7.90. The predicted octanol–water partition coefficient (Wildman–Crippen LogP) is 4.06. The molecule has 0 saturated heterocycles. The highest BCUT2D eigenvalue weighted by molar-refractivity contribution is 5.90. The summed E-state index contributed by atoms with van der Waals surface area (Å²) in [4.78, 5) is 19.0. The van der Waals surface area contributed by atoms with Crippen LogP contribution in [-0.4, -0.2) is 20.9 Å². The van der Waals surface area contributed by atoms with Gasteiger partial charge in [0.25, 0.3) is 5.69 Å². The van der Waals surface area contributed by atoms with E-state index in [-0.39, 0.29) is 5.69 Å². The molecule has 0 unspecified atom stereocenters. The molecular formula is C16H20N4O2. The summed E-state index contributed by atoms with van der Waals surface area (Å²) in [6, 6.07) is 5.17. The molecule has 0 bridgehead atoms. The lowest BCUT2D eigenvalue weighted by Gasteiger charge is -2.22. The second kappa shape index (κ2) is 6.68. The molecule has 3 rings (SSSR count). The summed E-state index contributed by atoms with van der Waals surface area (Å²) in [6.07, 6.45) is 10.2. The van der Waals surface area contributed by atoms with E-state index in [4.69, 9.17) is 0 Å². The van der Waals surface area contributed by atoms with Gasteiger partial charge in [0.05, 0.1) is 10.4 Å². The molecule has 6 nitrogen and oxygen atoms in total. The first kappa shape index (κ1) is 14.7. The Hall–Kier alpha value is -2.24. The van der Waals surface area contributed by atoms with Crippen molar-refractivity contribution in [1.82, 2.24) is 9.97 Å². The SMILES string of the molecule is O=[N+]([O-])c1ccc2c(NC3CCCCCCC3)ncnc2c1. The molecular weight excluding hydrogens is 280 g/mol. The molecule has 0 atom stereocenters. The fourth-order valence-electron chi connectivity index (χ4n) is 3.07. The zero-order valence-corrected chi connectivity index (χ0v) is 12.5. The molecule has 1 aliphatic carbocycles. The van der Waals surface area contributed by atoms with Gasteiger partial charge in [-0.25, -0.2) is 9.97 Å². The number of benzene rings is 1. The van der Waals surface area contributed by atoms with Gasteiger partial charge in [-0.05, 0) is 18.9 Å². The van der Waals surface area contributed by atoms with Crippen LogP contribution in [0.15, 0.2) is 24.5 Å². The second-order valence-electron chi connectivity index (χ2n) is 5.87. The van der Waals surface area contributed by atoms with Crippen LogP contribution < -0.4 is 5.32 Å². The molecule has 22 heavy (non-hydrogen) atoms. The first-order valence-corrected chi connectivity index (χ1v) is 7.90. The lowest BCUT2D eigenvalue weighted by Crippen LogP contribution is -2.21. The van der Waals surface area contributed by atoms with E-state index >= 15 is 0 Å².